The summed E-state index contributed by atoms with van der Waals surface area (Å²) in [5, 5.41) is 9.51. The van der Waals surface area contributed by atoms with Gasteiger partial charge in [0.1, 0.15) is 0 Å². The van der Waals surface area contributed by atoms with Crippen molar-refractivity contribution in [2.75, 3.05) is 5.32 Å². The Balaban J connectivity index is 2.27. The normalized spacial score (nSPS) is 11.4. The summed E-state index contributed by atoms with van der Waals surface area (Å²) in [6.07, 6.45) is 0. The van der Waals surface area contributed by atoms with Crippen LogP contribution in [0.3, 0.4) is 0 Å². The molecule has 2 aromatic carbocycles. The Kier molecular flexibility index (Phi) is 4.78. The smallest absolute Gasteiger partial charge is 0.238 e. The van der Waals surface area contributed by atoms with Gasteiger partial charge in [-0.2, -0.15) is 0 Å². The first-order valence-electron chi connectivity index (χ1n) is 6.09. The number of rotatable bonds is 4. The fourth-order valence-electron chi connectivity index (χ4n) is 1.98. The summed E-state index contributed by atoms with van der Waals surface area (Å²) in [5.74, 6) is 0. The van der Waals surface area contributed by atoms with E-state index >= 15 is 0 Å². The predicted molar refractivity (Wildman–Crippen MR) is 86.3 cm³/mol. The molecule has 0 atom stereocenters. The van der Waals surface area contributed by atoms with E-state index < -0.39 is 10.0 Å². The van der Waals surface area contributed by atoms with Crippen molar-refractivity contribution in [2.24, 2.45) is 5.14 Å². The number of hydrogen-bond donors (Lipinski definition) is 2. The van der Waals surface area contributed by atoms with Crippen LogP contribution in [-0.4, -0.2) is 8.42 Å². The second-order valence-electron chi connectivity index (χ2n) is 4.56. The summed E-state index contributed by atoms with van der Waals surface area (Å²) in [5.41, 5.74) is 2.07. The van der Waals surface area contributed by atoms with Gasteiger partial charge in [0, 0.05) is 22.3 Å². The second-order valence-corrected chi connectivity index (χ2v) is 6.94. The molecule has 0 heterocycles. The first-order valence-corrected chi connectivity index (χ1v) is 8.39. The SMILES string of the molecule is Cc1c(NCc2cc(Cl)ccc2Cl)cccc1S(N)(=O)=O. The van der Waals surface area contributed by atoms with Crippen molar-refractivity contribution in [3.8, 4) is 0 Å². The Morgan fingerprint density at radius 3 is 2.57 bits per heavy atom. The molecule has 2 aromatic rings. The van der Waals surface area contributed by atoms with E-state index in [2.05, 4.69) is 5.32 Å². The Labute approximate surface area is 133 Å². The van der Waals surface area contributed by atoms with E-state index in [4.69, 9.17) is 28.3 Å². The summed E-state index contributed by atoms with van der Waals surface area (Å²) in [4.78, 5) is 0.102. The lowest BCUT2D eigenvalue weighted by molar-refractivity contribution is 0.597. The van der Waals surface area contributed by atoms with Gasteiger partial charge in [-0.3, -0.25) is 0 Å². The molecule has 0 aliphatic rings. The van der Waals surface area contributed by atoms with E-state index in [0.717, 1.165) is 5.56 Å². The molecule has 0 fully saturated rings. The summed E-state index contributed by atoms with van der Waals surface area (Å²) in [7, 11) is -3.74. The van der Waals surface area contributed by atoms with Gasteiger partial charge in [-0.1, -0.05) is 29.3 Å². The van der Waals surface area contributed by atoms with Crippen molar-refractivity contribution < 1.29 is 8.42 Å². The lowest BCUT2D eigenvalue weighted by Crippen LogP contribution is -2.14. The van der Waals surface area contributed by atoms with Crippen LogP contribution in [0.1, 0.15) is 11.1 Å². The van der Waals surface area contributed by atoms with Crippen molar-refractivity contribution in [3.05, 3.63) is 57.6 Å². The summed E-state index contributed by atoms with van der Waals surface area (Å²) >= 11 is 12.0. The third-order valence-electron chi connectivity index (χ3n) is 3.07. The predicted octanol–water partition coefficient (Wildman–Crippen LogP) is 3.56. The molecule has 0 aliphatic carbocycles. The lowest BCUT2D eigenvalue weighted by atomic mass is 10.1. The van der Waals surface area contributed by atoms with Crippen LogP contribution in [0.4, 0.5) is 5.69 Å². The summed E-state index contributed by atoms with van der Waals surface area (Å²) in [6.45, 7) is 2.12. The summed E-state index contributed by atoms with van der Waals surface area (Å²) < 4.78 is 23.0. The molecule has 21 heavy (non-hydrogen) atoms. The lowest BCUT2D eigenvalue weighted by Gasteiger charge is -2.13. The van der Waals surface area contributed by atoms with Gasteiger partial charge in [0.25, 0.3) is 0 Å². The zero-order chi connectivity index (χ0) is 15.6. The number of hydrogen-bond acceptors (Lipinski definition) is 3. The molecule has 4 nitrogen and oxygen atoms in total. The molecule has 0 saturated carbocycles. The van der Waals surface area contributed by atoms with Crippen LogP contribution >= 0.6 is 23.2 Å². The number of halogens is 2. The minimum absolute atomic E-state index is 0.102. The highest BCUT2D eigenvalue weighted by Crippen LogP contribution is 2.25. The molecular weight excluding hydrogens is 331 g/mol. The van der Waals surface area contributed by atoms with Crippen molar-refractivity contribution in [1.82, 2.24) is 0 Å². The molecular formula is C14H14Cl2N2O2S. The minimum atomic E-state index is -3.74. The van der Waals surface area contributed by atoms with Gasteiger partial charge in [-0.25, -0.2) is 13.6 Å². The van der Waals surface area contributed by atoms with Crippen LogP contribution in [0.25, 0.3) is 0 Å². The minimum Gasteiger partial charge on any atom is -0.381 e. The molecule has 0 radical (unpaired) electrons. The highest BCUT2D eigenvalue weighted by Gasteiger charge is 2.13. The molecule has 0 amide bonds. The molecule has 0 unspecified atom stereocenters. The zero-order valence-corrected chi connectivity index (χ0v) is 13.6. The Hall–Kier alpha value is -1.27. The first-order chi connectivity index (χ1) is 9.79. The third kappa shape index (κ3) is 3.89. The van der Waals surface area contributed by atoms with E-state index in [1.807, 2.05) is 0 Å². The van der Waals surface area contributed by atoms with Gasteiger partial charge in [0.15, 0.2) is 0 Å². The van der Waals surface area contributed by atoms with Crippen LogP contribution < -0.4 is 10.5 Å². The molecule has 0 aliphatic heterocycles. The van der Waals surface area contributed by atoms with Gasteiger partial charge in [-0.15, -0.1) is 0 Å². The van der Waals surface area contributed by atoms with Crippen molar-refractivity contribution in [2.45, 2.75) is 18.4 Å². The quantitative estimate of drug-likeness (QED) is 0.890. The molecule has 0 saturated heterocycles. The average molecular weight is 345 g/mol. The van der Waals surface area contributed by atoms with Crippen LogP contribution in [0.2, 0.25) is 10.0 Å². The Morgan fingerprint density at radius 2 is 1.90 bits per heavy atom. The Morgan fingerprint density at radius 1 is 1.19 bits per heavy atom. The second kappa shape index (κ2) is 6.23. The van der Waals surface area contributed by atoms with E-state index in [9.17, 15) is 8.42 Å². The molecule has 2 rings (SSSR count). The van der Waals surface area contributed by atoms with Crippen molar-refractivity contribution in [1.29, 1.82) is 0 Å². The van der Waals surface area contributed by atoms with Crippen molar-refractivity contribution >= 4 is 38.9 Å². The highest BCUT2D eigenvalue weighted by atomic mass is 35.5. The van der Waals surface area contributed by atoms with Gasteiger partial charge in [0.2, 0.25) is 10.0 Å². The van der Waals surface area contributed by atoms with E-state index in [-0.39, 0.29) is 4.90 Å². The van der Waals surface area contributed by atoms with Gasteiger partial charge in [0.05, 0.1) is 4.90 Å². The third-order valence-corrected chi connectivity index (χ3v) is 4.73. The topological polar surface area (TPSA) is 72.2 Å². The van der Waals surface area contributed by atoms with E-state index in [1.54, 1.807) is 37.3 Å². The van der Waals surface area contributed by atoms with Crippen LogP contribution in [0.5, 0.6) is 0 Å². The number of anilines is 1. The van der Waals surface area contributed by atoms with Gasteiger partial charge >= 0.3 is 0 Å². The largest absolute Gasteiger partial charge is 0.381 e. The number of benzene rings is 2. The molecule has 7 heteroatoms. The highest BCUT2D eigenvalue weighted by molar-refractivity contribution is 7.89. The number of nitrogens with two attached hydrogens (primary N) is 1. The maximum absolute atomic E-state index is 11.5. The first kappa shape index (κ1) is 16.1. The van der Waals surface area contributed by atoms with E-state index in [1.165, 1.54) is 6.07 Å². The number of primary sulfonamides is 1. The van der Waals surface area contributed by atoms with E-state index in [0.29, 0.717) is 27.8 Å². The standard InChI is InChI=1S/C14H14Cl2N2O2S/c1-9-13(3-2-4-14(9)21(17,19)20)18-8-10-7-11(15)5-6-12(10)16/h2-7,18H,8H2,1H3,(H2,17,19,20). The summed E-state index contributed by atoms with van der Waals surface area (Å²) in [6, 6.07) is 10.1. The molecule has 0 bridgehead atoms. The van der Waals surface area contributed by atoms with Crippen LogP contribution in [0.15, 0.2) is 41.3 Å². The number of sulfonamides is 1. The molecule has 0 aromatic heterocycles. The zero-order valence-electron chi connectivity index (χ0n) is 11.2. The monoisotopic (exact) mass is 344 g/mol. The van der Waals surface area contributed by atoms with Crippen LogP contribution in [0, 0.1) is 6.92 Å². The fraction of sp³-hybridized carbons (Fsp3) is 0.143. The fourth-order valence-corrected chi connectivity index (χ4v) is 3.17. The molecule has 112 valence electrons. The maximum atomic E-state index is 11.5. The molecule has 0 spiro atoms. The van der Waals surface area contributed by atoms with Crippen molar-refractivity contribution in [3.63, 3.8) is 0 Å². The van der Waals surface area contributed by atoms with Gasteiger partial charge < -0.3 is 5.32 Å². The maximum Gasteiger partial charge on any atom is 0.238 e. The number of nitrogens with one attached hydrogen (secondary N) is 1. The molecule has 3 N–H and O–H groups in total. The van der Waals surface area contributed by atoms with Gasteiger partial charge in [-0.05, 0) is 48.4 Å². The average Bonchev–Trinajstić information content (AvgIpc) is 2.40. The Bertz CT molecular complexity index is 777. The van der Waals surface area contributed by atoms with Crippen LogP contribution in [-0.2, 0) is 16.6 Å².